The average molecular weight is 681 g/mol. The number of hydrogen-bond acceptors (Lipinski definition) is 3. The Labute approximate surface area is 302 Å². The van der Waals surface area contributed by atoms with Crippen molar-refractivity contribution < 1.29 is 14.3 Å². The second-order valence-corrected chi connectivity index (χ2v) is 20.4. The van der Waals surface area contributed by atoms with Crippen molar-refractivity contribution in [3.05, 3.63) is 47.3 Å². The van der Waals surface area contributed by atoms with Crippen LogP contribution in [0.4, 0.5) is 0 Å². The molecule has 1 aromatic rings. The van der Waals surface area contributed by atoms with Crippen LogP contribution in [0.1, 0.15) is 138 Å². The van der Waals surface area contributed by atoms with Gasteiger partial charge in [0.2, 0.25) is 5.91 Å². The van der Waals surface area contributed by atoms with Gasteiger partial charge in [-0.1, -0.05) is 71.9 Å². The molecular formula is C45H64N2O3. The molecule has 5 nitrogen and oxygen atoms in total. The molecule has 0 bridgehead atoms. The fourth-order valence-corrected chi connectivity index (χ4v) is 15.3. The lowest BCUT2D eigenvalue weighted by Gasteiger charge is -2.72. The molecule has 0 N–H and O–H groups in total. The van der Waals surface area contributed by atoms with Crippen LogP contribution >= 0.6 is 0 Å². The zero-order chi connectivity index (χ0) is 35.5. The zero-order valence-corrected chi connectivity index (χ0v) is 32.2. The number of likely N-dealkylation sites (tertiary alicyclic amines) is 1. The quantitative estimate of drug-likeness (QED) is 0.235. The normalized spacial score (nSPS) is 45.1. The molecule has 1 saturated heterocycles. The Morgan fingerprint density at radius 3 is 2.10 bits per heavy atom. The first kappa shape index (κ1) is 34.7. The van der Waals surface area contributed by atoms with Crippen LogP contribution in [0.2, 0.25) is 0 Å². The highest BCUT2D eigenvalue weighted by molar-refractivity contribution is 5.80. The first-order chi connectivity index (χ1) is 23.6. The highest BCUT2D eigenvalue weighted by Crippen LogP contribution is 2.78. The molecule has 1 aliphatic heterocycles. The van der Waals surface area contributed by atoms with Crippen LogP contribution < -0.4 is 0 Å². The number of hydrogen-bond donors (Lipinski definition) is 0. The molecule has 1 unspecified atom stereocenters. The molecule has 0 spiro atoms. The molecule has 272 valence electrons. The smallest absolute Gasteiger partial charge is 0.302 e. The number of rotatable bonds is 4. The minimum absolute atomic E-state index is 0.00153. The molecule has 1 aromatic carbocycles. The summed E-state index contributed by atoms with van der Waals surface area (Å²) in [4.78, 5) is 33.7. The minimum Gasteiger partial charge on any atom is -0.462 e. The van der Waals surface area contributed by atoms with E-state index in [2.05, 4.69) is 75.6 Å². The van der Waals surface area contributed by atoms with Crippen LogP contribution in [-0.4, -0.2) is 36.0 Å². The summed E-state index contributed by atoms with van der Waals surface area (Å²) in [6.07, 6.45) is 14.9. The molecule has 8 rings (SSSR count). The van der Waals surface area contributed by atoms with Gasteiger partial charge in [0.05, 0.1) is 0 Å². The Hall–Kier alpha value is -2.35. The maximum atomic E-state index is 15.1. The molecule has 1 heterocycles. The SMILES string of the molecule is [C-]#[N+]C1(c2ccccc2)CCN(C(=O)[C@H]2C[C@]3(C)[C@H](CC[C@@H]4[C@@]5(C)CC[C@H](OC(C)=O)C(C)(C)[C@@H]5CC[C@]43C)[C@@H]3C2CC[C@H]3C2(C)CC2)CC1. The van der Waals surface area contributed by atoms with Crippen molar-refractivity contribution >= 4 is 11.9 Å². The maximum Gasteiger partial charge on any atom is 0.302 e. The van der Waals surface area contributed by atoms with E-state index >= 15 is 4.79 Å². The van der Waals surface area contributed by atoms with E-state index in [-0.39, 0.29) is 39.7 Å². The van der Waals surface area contributed by atoms with E-state index in [4.69, 9.17) is 11.3 Å². The van der Waals surface area contributed by atoms with Gasteiger partial charge in [0.15, 0.2) is 0 Å². The van der Waals surface area contributed by atoms with E-state index in [0.717, 1.165) is 43.6 Å². The van der Waals surface area contributed by atoms with E-state index in [1.807, 2.05) is 6.07 Å². The Morgan fingerprint density at radius 1 is 0.780 bits per heavy atom. The molecule has 11 atom stereocenters. The van der Waals surface area contributed by atoms with Crippen LogP contribution in [-0.2, 0) is 19.9 Å². The number of fused-ring (bicyclic) bond motifs is 7. The van der Waals surface area contributed by atoms with Gasteiger partial charge in [0.25, 0.3) is 5.54 Å². The van der Waals surface area contributed by atoms with Gasteiger partial charge in [-0.05, 0) is 128 Å². The number of nitrogens with zero attached hydrogens (tertiary/aromatic N) is 2. The van der Waals surface area contributed by atoms with E-state index in [1.54, 1.807) is 6.92 Å². The Morgan fingerprint density at radius 2 is 1.46 bits per heavy atom. The number of amides is 1. The summed E-state index contributed by atoms with van der Waals surface area (Å²) in [5.41, 5.74) is 1.55. The van der Waals surface area contributed by atoms with Gasteiger partial charge >= 0.3 is 5.97 Å². The lowest BCUT2D eigenvalue weighted by Crippen LogP contribution is -2.67. The van der Waals surface area contributed by atoms with Crippen molar-refractivity contribution in [3.8, 4) is 0 Å². The Bertz CT molecular complexity index is 1550. The number of benzene rings is 1. The number of carbonyl (C=O) groups excluding carboxylic acids is 2. The van der Waals surface area contributed by atoms with Crippen molar-refractivity contribution in [2.75, 3.05) is 13.1 Å². The summed E-state index contributed by atoms with van der Waals surface area (Å²) in [7, 11) is 0. The maximum absolute atomic E-state index is 15.1. The molecule has 6 saturated carbocycles. The Balaban J connectivity index is 1.11. The summed E-state index contributed by atoms with van der Waals surface area (Å²) < 4.78 is 6.01. The van der Waals surface area contributed by atoms with Crippen molar-refractivity contribution in [1.82, 2.24) is 4.90 Å². The van der Waals surface area contributed by atoms with Gasteiger partial charge in [0, 0.05) is 49.8 Å². The lowest BCUT2D eigenvalue weighted by atomic mass is 9.32. The number of piperidine rings is 1. The van der Waals surface area contributed by atoms with Crippen LogP contribution in [0.25, 0.3) is 4.85 Å². The summed E-state index contributed by atoms with van der Waals surface area (Å²) in [5, 5.41) is 0. The van der Waals surface area contributed by atoms with E-state index in [9.17, 15) is 4.79 Å². The molecule has 0 radical (unpaired) electrons. The summed E-state index contributed by atoms with van der Waals surface area (Å²) >= 11 is 0. The van der Waals surface area contributed by atoms with Crippen LogP contribution in [0.15, 0.2) is 30.3 Å². The average Bonchev–Trinajstić information content (AvgIpc) is 3.67. The standard InChI is InChI=1S/C45H64N2O3/c1-29(48)50-37-19-20-42(5)35(40(37,2)3)18-21-43(6)36(42)17-16-34-38-31(14-15-33(38)41(4)22-23-41)32(28-44(34,43)7)39(49)47-26-24-45(46-8,25-27-47)30-12-10-9-11-13-30/h9-13,31-38H,14-28H2,1-7H3/t31?,32-,33+,34+,35-,36+,37-,38+,42-,43+,44+/m0/s1. The fraction of sp³-hybridized carbons (Fsp3) is 0.800. The lowest BCUT2D eigenvalue weighted by molar-refractivity contribution is -0.250. The fourth-order valence-electron chi connectivity index (χ4n) is 15.3. The molecule has 1 amide bonds. The van der Waals surface area contributed by atoms with E-state index in [1.165, 1.54) is 51.4 Å². The van der Waals surface area contributed by atoms with Crippen molar-refractivity contribution in [2.45, 2.75) is 144 Å². The summed E-state index contributed by atoms with van der Waals surface area (Å²) in [6.45, 7) is 26.5. The van der Waals surface area contributed by atoms with Crippen molar-refractivity contribution in [2.24, 2.45) is 68.5 Å². The van der Waals surface area contributed by atoms with Crippen LogP contribution in [0.5, 0.6) is 0 Å². The predicted molar refractivity (Wildman–Crippen MR) is 198 cm³/mol. The van der Waals surface area contributed by atoms with Crippen molar-refractivity contribution in [3.63, 3.8) is 0 Å². The third-order valence-electron chi connectivity index (χ3n) is 18.3. The van der Waals surface area contributed by atoms with Gasteiger partial charge in [-0.2, -0.15) is 0 Å². The summed E-state index contributed by atoms with van der Waals surface area (Å²) in [5.74, 6) is 4.15. The highest BCUT2D eigenvalue weighted by Gasteiger charge is 2.72. The monoisotopic (exact) mass is 680 g/mol. The summed E-state index contributed by atoms with van der Waals surface area (Å²) in [6, 6.07) is 10.3. The van der Waals surface area contributed by atoms with Gasteiger partial charge in [-0.25, -0.2) is 6.57 Å². The molecule has 7 fully saturated rings. The minimum atomic E-state index is -0.510. The molecule has 7 aliphatic rings. The topological polar surface area (TPSA) is 51.0 Å². The van der Waals surface area contributed by atoms with Gasteiger partial charge in [-0.3, -0.25) is 9.59 Å². The molecule has 6 aliphatic carbocycles. The zero-order valence-electron chi connectivity index (χ0n) is 32.2. The number of carbonyl (C=O) groups is 2. The molecular weight excluding hydrogens is 617 g/mol. The second kappa shape index (κ2) is 11.6. The second-order valence-electron chi connectivity index (χ2n) is 20.4. The number of esters is 1. The van der Waals surface area contributed by atoms with Crippen molar-refractivity contribution in [1.29, 1.82) is 0 Å². The van der Waals surface area contributed by atoms with Gasteiger partial charge < -0.3 is 14.5 Å². The van der Waals surface area contributed by atoms with E-state index in [0.29, 0.717) is 54.0 Å². The third kappa shape index (κ3) is 4.80. The highest BCUT2D eigenvalue weighted by atomic mass is 16.5. The van der Waals surface area contributed by atoms with Gasteiger partial charge in [0.1, 0.15) is 6.10 Å². The van der Waals surface area contributed by atoms with Crippen LogP contribution in [0, 0.1) is 75.1 Å². The predicted octanol–water partition coefficient (Wildman–Crippen LogP) is 10.1. The van der Waals surface area contributed by atoms with E-state index < -0.39 is 5.54 Å². The van der Waals surface area contributed by atoms with Gasteiger partial charge in [-0.15, -0.1) is 0 Å². The number of ether oxygens (including phenoxy) is 1. The Kier molecular flexibility index (Phi) is 8.04. The first-order valence-electron chi connectivity index (χ1n) is 20.5. The molecule has 50 heavy (non-hydrogen) atoms. The molecule has 0 aromatic heterocycles. The third-order valence-corrected chi connectivity index (χ3v) is 18.3. The molecule has 5 heteroatoms. The first-order valence-corrected chi connectivity index (χ1v) is 20.5. The van der Waals surface area contributed by atoms with Crippen LogP contribution in [0.3, 0.4) is 0 Å². The largest absolute Gasteiger partial charge is 0.462 e.